The largest absolute Gasteiger partial charge is 0.337 e. The molecule has 2 aromatic rings. The van der Waals surface area contributed by atoms with E-state index in [1.54, 1.807) is 17.8 Å². The average molecular weight is 481 g/mol. The number of rotatable bonds is 7. The number of nitrogens with one attached hydrogen (secondary N) is 1. The third-order valence-corrected chi connectivity index (χ3v) is 7.88. The van der Waals surface area contributed by atoms with E-state index in [1.165, 1.54) is 4.90 Å². The van der Waals surface area contributed by atoms with E-state index in [0.29, 0.717) is 29.7 Å². The second-order valence-electron chi connectivity index (χ2n) is 7.02. The molecule has 0 radical (unpaired) electrons. The lowest BCUT2D eigenvalue weighted by molar-refractivity contribution is 0.173. The van der Waals surface area contributed by atoms with Gasteiger partial charge in [-0.2, -0.15) is 21.3 Å². The van der Waals surface area contributed by atoms with Crippen LogP contribution in [0.25, 0.3) is 0 Å². The minimum absolute atomic E-state index is 0.00853. The summed E-state index contributed by atoms with van der Waals surface area (Å²) in [6.07, 6.45) is 0. The Morgan fingerprint density at radius 3 is 2.56 bits per heavy atom. The Morgan fingerprint density at radius 1 is 1.12 bits per heavy atom. The summed E-state index contributed by atoms with van der Waals surface area (Å²) >= 11 is 1.59. The molecule has 11 heteroatoms. The quantitative estimate of drug-likeness (QED) is 0.615. The fourth-order valence-corrected chi connectivity index (χ4v) is 5.59. The number of thioether (sulfide) groups is 1. The van der Waals surface area contributed by atoms with Crippen molar-refractivity contribution in [2.24, 2.45) is 0 Å². The van der Waals surface area contributed by atoms with Crippen molar-refractivity contribution in [3.8, 4) is 6.07 Å². The molecule has 0 aliphatic carbocycles. The summed E-state index contributed by atoms with van der Waals surface area (Å²) in [5.41, 5.74) is 1.58. The lowest BCUT2D eigenvalue weighted by Gasteiger charge is -2.34. The van der Waals surface area contributed by atoms with Crippen molar-refractivity contribution in [3.05, 3.63) is 65.2 Å². The zero-order valence-corrected chi connectivity index (χ0v) is 18.8. The van der Waals surface area contributed by atoms with Gasteiger partial charge in [-0.1, -0.05) is 18.2 Å². The number of nitrogens with zero attached hydrogens (tertiary/aromatic N) is 3. The van der Waals surface area contributed by atoms with Crippen molar-refractivity contribution in [1.29, 1.82) is 5.26 Å². The monoisotopic (exact) mass is 480 g/mol. The molecule has 3 rings (SSSR count). The number of hydrogen-bond donors (Lipinski definition) is 1. The van der Waals surface area contributed by atoms with E-state index in [9.17, 15) is 22.0 Å². The van der Waals surface area contributed by atoms with E-state index in [-0.39, 0.29) is 32.2 Å². The van der Waals surface area contributed by atoms with Gasteiger partial charge in [-0.05, 0) is 29.8 Å². The first-order chi connectivity index (χ1) is 15.3. The van der Waals surface area contributed by atoms with E-state index in [2.05, 4.69) is 11.4 Å². The van der Waals surface area contributed by atoms with Gasteiger partial charge in [0.2, 0.25) is 10.0 Å². The van der Waals surface area contributed by atoms with Crippen molar-refractivity contribution in [3.63, 3.8) is 0 Å². The average Bonchev–Trinajstić information content (AvgIpc) is 2.80. The molecule has 32 heavy (non-hydrogen) atoms. The Kier molecular flexibility index (Phi) is 8.06. The Hall–Kier alpha value is -2.68. The molecule has 0 saturated carbocycles. The van der Waals surface area contributed by atoms with Crippen LogP contribution in [0, 0.1) is 23.0 Å². The molecule has 1 heterocycles. The van der Waals surface area contributed by atoms with Gasteiger partial charge in [0.05, 0.1) is 11.6 Å². The Labute approximate surface area is 190 Å². The van der Waals surface area contributed by atoms with E-state index in [1.807, 2.05) is 18.2 Å². The van der Waals surface area contributed by atoms with Crippen molar-refractivity contribution in [1.82, 2.24) is 14.5 Å². The summed E-state index contributed by atoms with van der Waals surface area (Å²) in [6, 6.07) is 11.5. The molecule has 1 N–H and O–H groups in total. The highest BCUT2D eigenvalue weighted by Crippen LogP contribution is 2.22. The van der Waals surface area contributed by atoms with Crippen molar-refractivity contribution in [2.75, 3.05) is 38.5 Å². The number of carbonyl (C=O) groups excluding carboxylic acids is 1. The van der Waals surface area contributed by atoms with Crippen LogP contribution >= 0.6 is 11.8 Å². The number of amides is 2. The van der Waals surface area contributed by atoms with E-state index < -0.39 is 26.6 Å². The molecule has 1 fully saturated rings. The highest BCUT2D eigenvalue weighted by Gasteiger charge is 2.32. The zero-order valence-electron chi connectivity index (χ0n) is 17.1. The smallest absolute Gasteiger partial charge is 0.317 e. The van der Waals surface area contributed by atoms with Crippen molar-refractivity contribution < 1.29 is 22.0 Å². The maximum Gasteiger partial charge on any atom is 0.317 e. The van der Waals surface area contributed by atoms with E-state index in [0.717, 1.165) is 22.0 Å². The summed E-state index contributed by atoms with van der Waals surface area (Å²) in [5, 5.41) is 11.9. The second-order valence-corrected chi connectivity index (χ2v) is 10.0. The highest BCUT2D eigenvalue weighted by molar-refractivity contribution is 7.98. The van der Waals surface area contributed by atoms with Crippen LogP contribution < -0.4 is 5.32 Å². The number of nitriles is 1. The number of hydrogen-bond acceptors (Lipinski definition) is 5. The van der Waals surface area contributed by atoms with Crippen molar-refractivity contribution in [2.45, 2.75) is 10.6 Å². The number of sulfonamides is 1. The highest BCUT2D eigenvalue weighted by atomic mass is 32.2. The van der Waals surface area contributed by atoms with Gasteiger partial charge in [0.15, 0.2) is 0 Å². The summed E-state index contributed by atoms with van der Waals surface area (Å²) in [6.45, 7) is 0.692. The SMILES string of the molecule is N#Cc1ccccc1CSCCNC(=O)N1CCN(S(=O)(=O)c2cc(F)ccc2F)CC1. The van der Waals surface area contributed by atoms with Gasteiger partial charge in [-0.15, -0.1) is 0 Å². The van der Waals surface area contributed by atoms with Gasteiger partial charge in [0.1, 0.15) is 16.5 Å². The maximum atomic E-state index is 13.9. The molecule has 0 unspecified atom stereocenters. The third kappa shape index (κ3) is 5.76. The number of carbonyl (C=O) groups is 1. The molecule has 0 bridgehead atoms. The standard InChI is InChI=1S/C21H22F2N4O3S2/c22-18-5-6-19(23)20(13-18)32(29,30)27-10-8-26(9-11-27)21(28)25-7-12-31-15-17-4-2-1-3-16(17)14-24/h1-6,13H,7-12,15H2,(H,25,28). The molecular formula is C21H22F2N4O3S2. The molecule has 7 nitrogen and oxygen atoms in total. The van der Waals surface area contributed by atoms with Gasteiger partial charge in [-0.3, -0.25) is 0 Å². The van der Waals surface area contributed by atoms with Gasteiger partial charge in [0, 0.05) is 44.2 Å². The molecule has 2 aromatic carbocycles. The van der Waals surface area contributed by atoms with E-state index in [4.69, 9.17) is 5.26 Å². The summed E-state index contributed by atoms with van der Waals surface area (Å²) in [7, 11) is -4.19. The Morgan fingerprint density at radius 2 is 1.84 bits per heavy atom. The molecule has 1 aliphatic rings. The van der Waals surface area contributed by atoms with Gasteiger partial charge in [0.25, 0.3) is 0 Å². The fraction of sp³-hybridized carbons (Fsp3) is 0.333. The van der Waals surface area contributed by atoms with Crippen LogP contribution in [0.4, 0.5) is 13.6 Å². The lowest BCUT2D eigenvalue weighted by atomic mass is 10.1. The molecule has 0 aromatic heterocycles. The zero-order chi connectivity index (χ0) is 23.1. The first kappa shape index (κ1) is 24.0. The molecule has 0 spiro atoms. The van der Waals surface area contributed by atoms with Crippen molar-refractivity contribution >= 4 is 27.8 Å². The fourth-order valence-electron chi connectivity index (χ4n) is 3.22. The van der Waals surface area contributed by atoms with Crippen LogP contribution in [-0.2, 0) is 15.8 Å². The topological polar surface area (TPSA) is 93.5 Å². The summed E-state index contributed by atoms with van der Waals surface area (Å²) in [4.78, 5) is 13.1. The maximum absolute atomic E-state index is 13.9. The normalized spacial score (nSPS) is 14.7. The van der Waals surface area contributed by atoms with Crippen LogP contribution in [0.1, 0.15) is 11.1 Å². The summed E-state index contributed by atoms with van der Waals surface area (Å²) in [5.74, 6) is -0.538. The second kappa shape index (κ2) is 10.8. The first-order valence-electron chi connectivity index (χ1n) is 9.86. The van der Waals surface area contributed by atoms with Gasteiger partial charge < -0.3 is 10.2 Å². The number of piperazine rings is 1. The van der Waals surface area contributed by atoms with Crippen LogP contribution in [0.3, 0.4) is 0 Å². The summed E-state index contributed by atoms with van der Waals surface area (Å²) < 4.78 is 53.6. The van der Waals surface area contributed by atoms with Crippen LogP contribution in [0.15, 0.2) is 47.4 Å². The number of urea groups is 1. The third-order valence-electron chi connectivity index (χ3n) is 4.95. The number of benzene rings is 2. The molecule has 0 atom stereocenters. The van der Waals surface area contributed by atoms with E-state index >= 15 is 0 Å². The van der Waals surface area contributed by atoms with Crippen LogP contribution in [0.5, 0.6) is 0 Å². The first-order valence-corrected chi connectivity index (χ1v) is 12.5. The minimum Gasteiger partial charge on any atom is -0.337 e. The molecule has 1 saturated heterocycles. The Balaban J connectivity index is 1.43. The molecule has 170 valence electrons. The van der Waals surface area contributed by atoms with Crippen LogP contribution in [0.2, 0.25) is 0 Å². The van der Waals surface area contributed by atoms with Crippen LogP contribution in [-0.4, -0.2) is 62.1 Å². The molecule has 1 aliphatic heterocycles. The van der Waals surface area contributed by atoms with Gasteiger partial charge >= 0.3 is 6.03 Å². The minimum atomic E-state index is -4.19. The lowest BCUT2D eigenvalue weighted by Crippen LogP contribution is -2.53. The molecule has 2 amide bonds. The Bertz CT molecular complexity index is 1110. The predicted molar refractivity (Wildman–Crippen MR) is 117 cm³/mol. The molecular weight excluding hydrogens is 458 g/mol. The van der Waals surface area contributed by atoms with Gasteiger partial charge in [-0.25, -0.2) is 22.0 Å². The number of halogens is 2. The predicted octanol–water partition coefficient (Wildman–Crippen LogP) is 2.79.